The molecule has 0 N–H and O–H groups in total. The Morgan fingerprint density at radius 3 is 1.25 bits per heavy atom. The van der Waals surface area contributed by atoms with E-state index in [-0.39, 0.29) is 69.9 Å². The van der Waals surface area contributed by atoms with Crippen LogP contribution in [0.25, 0.3) is 0 Å². The van der Waals surface area contributed by atoms with Crippen molar-refractivity contribution in [3.8, 4) is 0 Å². The average Bonchev–Trinajstić information content (AvgIpc) is 1.00. The predicted octanol–water partition coefficient (Wildman–Crippen LogP) is -2.24. The monoisotopic (exact) mass is 137 g/mol. The Hall–Kier alpha value is 2.65. The van der Waals surface area contributed by atoms with E-state index in [0.717, 1.165) is 0 Å². The van der Waals surface area contributed by atoms with Gasteiger partial charge >= 0.3 is 51.4 Å². The van der Waals surface area contributed by atoms with Gasteiger partial charge in [-0.3, -0.25) is 0 Å². The molecule has 0 aromatic carbocycles. The van der Waals surface area contributed by atoms with Crippen LogP contribution in [0.5, 0.6) is 0 Å². The van der Waals surface area contributed by atoms with Crippen LogP contribution in [0.2, 0.25) is 0 Å². The van der Waals surface area contributed by atoms with E-state index >= 15 is 0 Å². The molecular formula is CH4KPV. The smallest absolute Gasteiger partial charge is 0.562 e. The normalized spacial score (nSPS) is 1.50. The van der Waals surface area contributed by atoms with Gasteiger partial charge in [0.05, 0.1) is 0 Å². The van der Waals surface area contributed by atoms with Gasteiger partial charge in [0.25, 0.3) is 0 Å². The van der Waals surface area contributed by atoms with Gasteiger partial charge in [0.15, 0.2) is 0 Å². The van der Waals surface area contributed by atoms with Gasteiger partial charge in [0, 0.05) is 18.6 Å². The summed E-state index contributed by atoms with van der Waals surface area (Å²) >= 11 is 0. The van der Waals surface area contributed by atoms with Crippen LogP contribution in [0.15, 0.2) is 0 Å². The zero-order valence-corrected chi connectivity index (χ0v) is 8.47. The first-order valence-corrected chi connectivity index (χ1v) is 1.50. The van der Waals surface area contributed by atoms with Crippen LogP contribution in [-0.2, 0) is 18.6 Å². The SMILES string of the molecule is C[PH-].[K+].[V]. The Morgan fingerprint density at radius 1 is 1.25 bits per heavy atom. The second-order valence-electron chi connectivity index (χ2n) is 0. The molecule has 0 aromatic rings. The second-order valence-corrected chi connectivity index (χ2v) is 0. The van der Waals surface area contributed by atoms with E-state index in [0.29, 0.717) is 0 Å². The number of hydrogen-bond donors (Lipinski definition) is 0. The van der Waals surface area contributed by atoms with E-state index in [4.69, 9.17) is 0 Å². The van der Waals surface area contributed by atoms with Crippen LogP contribution in [0.1, 0.15) is 0 Å². The fourth-order valence-electron chi connectivity index (χ4n) is 0. The van der Waals surface area contributed by atoms with Crippen molar-refractivity contribution >= 4 is 9.24 Å². The maximum atomic E-state index is 2.97. The van der Waals surface area contributed by atoms with Gasteiger partial charge in [0.1, 0.15) is 0 Å². The van der Waals surface area contributed by atoms with Crippen molar-refractivity contribution in [2.24, 2.45) is 0 Å². The van der Waals surface area contributed by atoms with Crippen molar-refractivity contribution in [2.75, 3.05) is 6.66 Å². The summed E-state index contributed by atoms with van der Waals surface area (Å²) in [5.74, 6) is 0. The first-order valence-electron chi connectivity index (χ1n) is 0.500. The van der Waals surface area contributed by atoms with Crippen LogP contribution in [0.4, 0.5) is 0 Å². The van der Waals surface area contributed by atoms with Gasteiger partial charge < -0.3 is 9.24 Å². The van der Waals surface area contributed by atoms with Gasteiger partial charge in [-0.2, -0.15) is 6.66 Å². The van der Waals surface area contributed by atoms with Gasteiger partial charge in [-0.05, 0) is 0 Å². The molecule has 1 radical (unpaired) electrons. The number of hydrogen-bond acceptors (Lipinski definition) is 0. The third kappa shape index (κ3) is 8.82. The summed E-state index contributed by atoms with van der Waals surface area (Å²) in [5, 5.41) is 0. The van der Waals surface area contributed by atoms with E-state index in [2.05, 4.69) is 9.24 Å². The summed E-state index contributed by atoms with van der Waals surface area (Å²) in [6.07, 6.45) is 0. The van der Waals surface area contributed by atoms with Gasteiger partial charge in [-0.15, -0.1) is 0 Å². The van der Waals surface area contributed by atoms with Crippen LogP contribution < -0.4 is 51.4 Å². The fraction of sp³-hybridized carbons (Fsp3) is 1.00. The topological polar surface area (TPSA) is 0 Å². The minimum Gasteiger partial charge on any atom is -0.562 e. The summed E-state index contributed by atoms with van der Waals surface area (Å²) in [6.45, 7) is 1.81. The van der Waals surface area contributed by atoms with E-state index < -0.39 is 0 Å². The third-order valence-corrected chi connectivity index (χ3v) is 0. The zero-order valence-electron chi connectivity index (χ0n) is 2.95. The van der Waals surface area contributed by atoms with Crippen molar-refractivity contribution < 1.29 is 69.9 Å². The molecule has 0 fully saturated rings. The van der Waals surface area contributed by atoms with Crippen LogP contribution in [0.3, 0.4) is 0 Å². The molecule has 0 aliphatic heterocycles. The van der Waals surface area contributed by atoms with E-state index in [1.54, 1.807) is 6.66 Å². The quantitative estimate of drug-likeness (QED) is 0.261. The minimum atomic E-state index is 0. The zero-order chi connectivity index (χ0) is 2.00. The summed E-state index contributed by atoms with van der Waals surface area (Å²) < 4.78 is 0. The Morgan fingerprint density at radius 2 is 1.25 bits per heavy atom. The van der Waals surface area contributed by atoms with Crippen molar-refractivity contribution in [2.45, 2.75) is 0 Å². The third-order valence-electron chi connectivity index (χ3n) is 0. The molecule has 0 aliphatic rings. The second kappa shape index (κ2) is 17.4. The Labute approximate surface area is 84.0 Å². The molecule has 0 saturated carbocycles. The molecule has 19 valence electrons. The van der Waals surface area contributed by atoms with Crippen LogP contribution in [0, 0.1) is 0 Å². The molecule has 0 atom stereocenters. The molecule has 0 amide bonds. The average molecular weight is 137 g/mol. The summed E-state index contributed by atoms with van der Waals surface area (Å²) in [6, 6.07) is 0. The molecule has 0 unspecified atom stereocenters. The van der Waals surface area contributed by atoms with E-state index in [1.807, 2.05) is 0 Å². The molecular weight excluding hydrogens is 133 g/mol. The molecule has 4 heavy (non-hydrogen) atoms. The first kappa shape index (κ1) is 15.9. The number of rotatable bonds is 0. The standard InChI is InChI=1S/CH4P.K.V/c1-2;;/h2H,1H3;;/q-1;+1;. The molecule has 0 nitrogen and oxygen atoms in total. The fourth-order valence-corrected chi connectivity index (χ4v) is 0. The predicted molar refractivity (Wildman–Crippen MR) is 14.2 cm³/mol. The Balaban J connectivity index is -0.00000000500. The van der Waals surface area contributed by atoms with Gasteiger partial charge in [-0.25, -0.2) is 0 Å². The molecule has 0 aromatic heterocycles. The minimum absolute atomic E-state index is 0. The van der Waals surface area contributed by atoms with Crippen molar-refractivity contribution in [1.29, 1.82) is 0 Å². The van der Waals surface area contributed by atoms with E-state index in [9.17, 15) is 0 Å². The first-order chi connectivity index (χ1) is 1.00. The molecule has 0 saturated heterocycles. The molecule has 0 bridgehead atoms. The molecule has 0 heterocycles. The maximum absolute atomic E-state index is 2.97. The summed E-state index contributed by atoms with van der Waals surface area (Å²) in [4.78, 5) is 0. The van der Waals surface area contributed by atoms with Crippen molar-refractivity contribution in [3.05, 3.63) is 0 Å². The van der Waals surface area contributed by atoms with Crippen LogP contribution in [-0.4, -0.2) is 6.66 Å². The molecule has 0 spiro atoms. The van der Waals surface area contributed by atoms with Gasteiger partial charge in [-0.1, -0.05) is 0 Å². The van der Waals surface area contributed by atoms with Gasteiger partial charge in [0.2, 0.25) is 0 Å². The maximum Gasteiger partial charge on any atom is 1.00 e. The Kier molecular flexibility index (Phi) is 69.3. The molecule has 0 aliphatic carbocycles. The summed E-state index contributed by atoms with van der Waals surface area (Å²) in [7, 11) is 2.97. The molecule has 0 rings (SSSR count). The van der Waals surface area contributed by atoms with Crippen LogP contribution >= 0.6 is 9.24 Å². The van der Waals surface area contributed by atoms with Crippen molar-refractivity contribution in [1.82, 2.24) is 0 Å². The van der Waals surface area contributed by atoms with Crippen molar-refractivity contribution in [3.63, 3.8) is 0 Å². The van der Waals surface area contributed by atoms with E-state index in [1.165, 1.54) is 0 Å². The largest absolute Gasteiger partial charge is 1.00 e. The summed E-state index contributed by atoms with van der Waals surface area (Å²) in [5.41, 5.74) is 0. The Bertz CT molecular complexity index is 8.00. The molecule has 3 heteroatoms.